The van der Waals surface area contributed by atoms with Gasteiger partial charge in [-0.05, 0) is 25.8 Å². The van der Waals surface area contributed by atoms with Crippen LogP contribution in [0.1, 0.15) is 19.8 Å². The number of nitrogens with one attached hydrogen (secondary N) is 1. The zero-order valence-corrected chi connectivity index (χ0v) is 12.9. The summed E-state index contributed by atoms with van der Waals surface area (Å²) < 4.78 is 5.41. The van der Waals surface area contributed by atoms with E-state index in [1.54, 1.807) is 0 Å². The molecule has 2 saturated heterocycles. The van der Waals surface area contributed by atoms with Gasteiger partial charge in [-0.1, -0.05) is 6.92 Å². The first-order valence-corrected chi connectivity index (χ1v) is 7.94. The van der Waals surface area contributed by atoms with Gasteiger partial charge in [0.05, 0.1) is 0 Å². The molecule has 2 rings (SSSR count). The lowest BCUT2D eigenvalue weighted by atomic mass is 9.99. The monoisotopic (exact) mass is 283 g/mol. The number of hydrogen-bond donors (Lipinski definition) is 1. The van der Waals surface area contributed by atoms with Crippen molar-refractivity contribution in [1.29, 1.82) is 0 Å². The number of nitrogens with zero attached hydrogens (tertiary/aromatic N) is 2. The summed E-state index contributed by atoms with van der Waals surface area (Å²) in [6.45, 7) is 9.61. The molecule has 2 heterocycles. The third kappa shape index (κ3) is 4.43. The van der Waals surface area contributed by atoms with E-state index in [0.717, 1.165) is 51.9 Å². The molecule has 0 saturated carbocycles. The van der Waals surface area contributed by atoms with Crippen LogP contribution in [-0.2, 0) is 9.53 Å². The molecular formula is C15H29N3O2. The van der Waals surface area contributed by atoms with Crippen LogP contribution in [0.4, 0.5) is 0 Å². The van der Waals surface area contributed by atoms with Crippen molar-refractivity contribution in [1.82, 2.24) is 15.1 Å². The fourth-order valence-corrected chi connectivity index (χ4v) is 3.15. The molecule has 0 bridgehead atoms. The molecule has 20 heavy (non-hydrogen) atoms. The summed E-state index contributed by atoms with van der Waals surface area (Å²) in [6, 6.07) is 0. The van der Waals surface area contributed by atoms with Gasteiger partial charge in [0.25, 0.3) is 0 Å². The maximum Gasteiger partial charge on any atom is 0.226 e. The molecule has 1 amide bonds. The summed E-state index contributed by atoms with van der Waals surface area (Å²) in [5.41, 5.74) is 0. The van der Waals surface area contributed by atoms with Crippen LogP contribution in [0.15, 0.2) is 0 Å². The lowest BCUT2D eigenvalue weighted by molar-refractivity contribution is -0.136. The number of rotatable bonds is 5. The molecule has 0 radical (unpaired) electrons. The van der Waals surface area contributed by atoms with E-state index in [1.165, 1.54) is 19.4 Å². The summed E-state index contributed by atoms with van der Waals surface area (Å²) in [5.74, 6) is 1.17. The van der Waals surface area contributed by atoms with Gasteiger partial charge in [0.2, 0.25) is 5.91 Å². The van der Waals surface area contributed by atoms with Crippen molar-refractivity contribution in [3.8, 4) is 0 Å². The van der Waals surface area contributed by atoms with Gasteiger partial charge in [-0.15, -0.1) is 0 Å². The van der Waals surface area contributed by atoms with Gasteiger partial charge in [-0.2, -0.15) is 0 Å². The average Bonchev–Trinajstić information content (AvgIpc) is 2.48. The largest absolute Gasteiger partial charge is 0.381 e. The molecule has 1 unspecified atom stereocenters. The van der Waals surface area contributed by atoms with Crippen LogP contribution < -0.4 is 5.32 Å². The van der Waals surface area contributed by atoms with Gasteiger partial charge in [0.15, 0.2) is 0 Å². The van der Waals surface area contributed by atoms with E-state index in [0.29, 0.717) is 5.91 Å². The zero-order chi connectivity index (χ0) is 14.4. The number of carbonyl (C=O) groups is 1. The minimum Gasteiger partial charge on any atom is -0.381 e. The Morgan fingerprint density at radius 2 is 1.90 bits per heavy atom. The molecule has 116 valence electrons. The topological polar surface area (TPSA) is 44.8 Å². The summed E-state index contributed by atoms with van der Waals surface area (Å²) in [4.78, 5) is 16.8. The third-order valence-electron chi connectivity index (χ3n) is 4.47. The Kier molecular flexibility index (Phi) is 6.26. The highest BCUT2D eigenvalue weighted by molar-refractivity contribution is 5.78. The van der Waals surface area contributed by atoms with Crippen LogP contribution >= 0.6 is 0 Å². The van der Waals surface area contributed by atoms with Crippen LogP contribution in [0.3, 0.4) is 0 Å². The van der Waals surface area contributed by atoms with Gasteiger partial charge < -0.3 is 15.0 Å². The molecule has 5 heteroatoms. The second-order valence-corrected chi connectivity index (χ2v) is 6.14. The van der Waals surface area contributed by atoms with Gasteiger partial charge >= 0.3 is 0 Å². The minimum absolute atomic E-state index is 0.0852. The first-order valence-electron chi connectivity index (χ1n) is 7.94. The van der Waals surface area contributed by atoms with Crippen LogP contribution in [0.5, 0.6) is 0 Å². The Hall–Kier alpha value is -0.650. The summed E-state index contributed by atoms with van der Waals surface area (Å²) in [6.07, 6.45) is 2.39. The second-order valence-electron chi connectivity index (χ2n) is 6.14. The van der Waals surface area contributed by atoms with Gasteiger partial charge in [-0.25, -0.2) is 0 Å². The Balaban J connectivity index is 1.70. The van der Waals surface area contributed by atoms with Crippen molar-refractivity contribution in [2.45, 2.75) is 19.8 Å². The zero-order valence-electron chi connectivity index (χ0n) is 12.9. The van der Waals surface area contributed by atoms with E-state index in [-0.39, 0.29) is 5.92 Å². The fraction of sp³-hybridized carbons (Fsp3) is 0.933. The Morgan fingerprint density at radius 1 is 1.25 bits per heavy atom. The minimum atomic E-state index is 0.0852. The van der Waals surface area contributed by atoms with E-state index < -0.39 is 0 Å². The van der Waals surface area contributed by atoms with E-state index in [2.05, 4.69) is 10.2 Å². The van der Waals surface area contributed by atoms with Crippen molar-refractivity contribution in [3.05, 3.63) is 0 Å². The highest BCUT2D eigenvalue weighted by atomic mass is 16.5. The van der Waals surface area contributed by atoms with Gasteiger partial charge in [0.1, 0.15) is 0 Å². The van der Waals surface area contributed by atoms with Crippen molar-refractivity contribution in [2.24, 2.45) is 11.8 Å². The summed E-state index contributed by atoms with van der Waals surface area (Å²) in [5, 5.41) is 3.08. The molecule has 2 aliphatic rings. The predicted octanol–water partition coefficient (Wildman–Crippen LogP) is 0.413. The standard InChI is InChI=1S/C15H29N3O2/c1-13(11-16-2)15(19)18-7-5-17(6-8-18)12-14-3-9-20-10-4-14/h13-14,16H,3-12H2,1-2H3. The number of ether oxygens (including phenoxy) is 1. The predicted molar refractivity (Wildman–Crippen MR) is 79.7 cm³/mol. The SMILES string of the molecule is CNCC(C)C(=O)N1CCN(CC2CCOCC2)CC1. The molecule has 0 aromatic carbocycles. The quantitative estimate of drug-likeness (QED) is 0.794. The first kappa shape index (κ1) is 15.7. The number of amides is 1. The second kappa shape index (κ2) is 7.96. The smallest absolute Gasteiger partial charge is 0.226 e. The highest BCUT2D eigenvalue weighted by Gasteiger charge is 2.26. The maximum absolute atomic E-state index is 12.2. The highest BCUT2D eigenvalue weighted by Crippen LogP contribution is 2.17. The van der Waals surface area contributed by atoms with Crippen molar-refractivity contribution >= 4 is 5.91 Å². The van der Waals surface area contributed by atoms with Crippen LogP contribution in [-0.4, -0.2) is 75.2 Å². The summed E-state index contributed by atoms with van der Waals surface area (Å²) in [7, 11) is 1.90. The maximum atomic E-state index is 12.2. The number of carbonyl (C=O) groups excluding carboxylic acids is 1. The number of piperazine rings is 1. The first-order chi connectivity index (χ1) is 9.70. The molecule has 1 atom stereocenters. The molecule has 0 spiro atoms. The fourth-order valence-electron chi connectivity index (χ4n) is 3.15. The van der Waals surface area contributed by atoms with Gasteiger partial charge in [0, 0.05) is 58.4 Å². The molecule has 0 aliphatic carbocycles. The lowest BCUT2D eigenvalue weighted by Gasteiger charge is -2.38. The Morgan fingerprint density at radius 3 is 2.50 bits per heavy atom. The molecular weight excluding hydrogens is 254 g/mol. The Bertz CT molecular complexity index is 297. The molecule has 2 fully saturated rings. The van der Waals surface area contributed by atoms with Crippen molar-refractivity contribution in [3.63, 3.8) is 0 Å². The van der Waals surface area contributed by atoms with Crippen LogP contribution in [0.25, 0.3) is 0 Å². The number of hydrogen-bond acceptors (Lipinski definition) is 4. The Labute approximate surface area is 122 Å². The normalized spacial score (nSPS) is 23.8. The molecule has 2 aliphatic heterocycles. The van der Waals surface area contributed by atoms with Crippen LogP contribution in [0, 0.1) is 11.8 Å². The van der Waals surface area contributed by atoms with Crippen molar-refractivity contribution < 1.29 is 9.53 Å². The van der Waals surface area contributed by atoms with Gasteiger partial charge in [-0.3, -0.25) is 9.69 Å². The van der Waals surface area contributed by atoms with E-state index in [4.69, 9.17) is 4.74 Å². The van der Waals surface area contributed by atoms with Crippen molar-refractivity contribution in [2.75, 3.05) is 59.5 Å². The summed E-state index contributed by atoms with van der Waals surface area (Å²) >= 11 is 0. The van der Waals surface area contributed by atoms with E-state index in [9.17, 15) is 4.79 Å². The lowest BCUT2D eigenvalue weighted by Crippen LogP contribution is -2.51. The molecule has 0 aromatic rings. The van der Waals surface area contributed by atoms with Crippen LogP contribution in [0.2, 0.25) is 0 Å². The third-order valence-corrected chi connectivity index (χ3v) is 4.47. The molecule has 5 nitrogen and oxygen atoms in total. The van der Waals surface area contributed by atoms with E-state index >= 15 is 0 Å². The molecule has 0 aromatic heterocycles. The molecule has 1 N–H and O–H groups in total. The van der Waals surface area contributed by atoms with E-state index in [1.807, 2.05) is 18.9 Å². The average molecular weight is 283 g/mol.